The number of ether oxygens (including phenoxy) is 1. The van der Waals surface area contributed by atoms with Crippen LogP contribution < -0.4 is 10.6 Å². The molecule has 0 aliphatic carbocycles. The van der Waals surface area contributed by atoms with Crippen molar-refractivity contribution < 1.29 is 14.3 Å². The highest BCUT2D eigenvalue weighted by Crippen LogP contribution is 2.26. The van der Waals surface area contributed by atoms with E-state index in [0.29, 0.717) is 0 Å². The number of aromatic nitrogens is 2. The maximum atomic E-state index is 11.9. The Morgan fingerprint density at radius 3 is 3.05 bits per heavy atom. The molecule has 19 heavy (non-hydrogen) atoms. The van der Waals surface area contributed by atoms with Gasteiger partial charge in [0, 0.05) is 13.0 Å². The molecule has 1 unspecified atom stereocenters. The highest BCUT2D eigenvalue weighted by atomic mass is 16.5. The molecule has 1 aromatic heterocycles. The van der Waals surface area contributed by atoms with Gasteiger partial charge in [0.25, 0.3) is 0 Å². The maximum Gasteiger partial charge on any atom is 0.311 e. The highest BCUT2D eigenvalue weighted by molar-refractivity contribution is 5.99. The quantitative estimate of drug-likeness (QED) is 0.709. The number of nitriles is 1. The van der Waals surface area contributed by atoms with Gasteiger partial charge >= 0.3 is 5.97 Å². The number of hydrogen-bond acceptors (Lipinski definition) is 7. The van der Waals surface area contributed by atoms with Crippen LogP contribution in [0.25, 0.3) is 0 Å². The first-order valence-electron chi connectivity index (χ1n) is 5.47. The summed E-state index contributed by atoms with van der Waals surface area (Å²) in [4.78, 5) is 32.2. The number of amides is 1. The fourth-order valence-electron chi connectivity index (χ4n) is 1.91. The molecule has 8 nitrogen and oxygen atoms in total. The summed E-state index contributed by atoms with van der Waals surface area (Å²) in [7, 11) is 1.26. The lowest BCUT2D eigenvalue weighted by Gasteiger charge is -2.16. The van der Waals surface area contributed by atoms with Crippen molar-refractivity contribution in [1.29, 1.82) is 5.26 Å². The van der Waals surface area contributed by atoms with Crippen LogP contribution in [0.1, 0.15) is 12.0 Å². The first-order chi connectivity index (χ1) is 9.06. The molecule has 1 saturated heterocycles. The Kier molecular flexibility index (Phi) is 3.29. The Bertz CT molecular complexity index is 580. The van der Waals surface area contributed by atoms with Gasteiger partial charge in [0.1, 0.15) is 11.6 Å². The van der Waals surface area contributed by atoms with Crippen LogP contribution in [0.5, 0.6) is 0 Å². The number of carbonyl (C=O) groups excluding carboxylic acids is 2. The molecule has 1 atom stereocenters. The summed E-state index contributed by atoms with van der Waals surface area (Å²) in [6, 6.07) is 1.89. The summed E-state index contributed by atoms with van der Waals surface area (Å²) in [6.07, 6.45) is 1.28. The number of nitrogen functional groups attached to an aromatic ring is 1. The predicted molar refractivity (Wildman–Crippen MR) is 63.6 cm³/mol. The zero-order valence-corrected chi connectivity index (χ0v) is 10.2. The molecule has 0 spiro atoms. The van der Waals surface area contributed by atoms with Gasteiger partial charge in [-0.15, -0.1) is 0 Å². The maximum absolute atomic E-state index is 11.9. The Balaban J connectivity index is 2.33. The van der Waals surface area contributed by atoms with E-state index in [2.05, 4.69) is 14.7 Å². The molecule has 0 saturated carbocycles. The van der Waals surface area contributed by atoms with E-state index in [1.807, 2.05) is 6.07 Å². The van der Waals surface area contributed by atoms with Gasteiger partial charge in [-0.1, -0.05) is 0 Å². The molecule has 1 aliphatic heterocycles. The smallest absolute Gasteiger partial charge is 0.311 e. The summed E-state index contributed by atoms with van der Waals surface area (Å²) < 4.78 is 4.61. The molecular weight excluding hydrogens is 250 g/mol. The van der Waals surface area contributed by atoms with Gasteiger partial charge in [-0.2, -0.15) is 10.2 Å². The lowest BCUT2D eigenvalue weighted by atomic mass is 10.1. The van der Waals surface area contributed by atoms with E-state index < -0.39 is 11.9 Å². The van der Waals surface area contributed by atoms with Crippen molar-refractivity contribution >= 4 is 23.6 Å². The molecule has 1 aliphatic rings. The van der Waals surface area contributed by atoms with Crippen LogP contribution in [0.15, 0.2) is 6.20 Å². The third kappa shape index (κ3) is 2.30. The molecule has 0 radical (unpaired) electrons. The summed E-state index contributed by atoms with van der Waals surface area (Å²) in [6.45, 7) is 0.122. The number of carbonyl (C=O) groups is 2. The van der Waals surface area contributed by atoms with E-state index in [4.69, 9.17) is 11.0 Å². The van der Waals surface area contributed by atoms with Gasteiger partial charge in [-0.25, -0.2) is 4.98 Å². The molecule has 2 N–H and O–H groups in total. The second kappa shape index (κ2) is 4.89. The second-order valence-electron chi connectivity index (χ2n) is 4.01. The minimum atomic E-state index is -0.555. The first kappa shape index (κ1) is 12.8. The average molecular weight is 261 g/mol. The zero-order chi connectivity index (χ0) is 14.0. The van der Waals surface area contributed by atoms with E-state index >= 15 is 0 Å². The Morgan fingerprint density at radius 1 is 1.68 bits per heavy atom. The minimum Gasteiger partial charge on any atom is -0.469 e. The number of nitrogens with zero attached hydrogens (tertiary/aromatic N) is 4. The van der Waals surface area contributed by atoms with Crippen LogP contribution in [0, 0.1) is 17.2 Å². The van der Waals surface area contributed by atoms with Gasteiger partial charge in [0.15, 0.2) is 5.82 Å². The van der Waals surface area contributed by atoms with Gasteiger partial charge in [0.2, 0.25) is 11.9 Å². The SMILES string of the molecule is COC(=O)C1CC(=O)N(c2nc(N)ncc2C#N)C1. The largest absolute Gasteiger partial charge is 0.469 e. The number of methoxy groups -OCH3 is 1. The number of esters is 1. The Labute approximate surface area is 108 Å². The van der Waals surface area contributed by atoms with Gasteiger partial charge in [-0.05, 0) is 0 Å². The van der Waals surface area contributed by atoms with E-state index in [-0.39, 0.29) is 36.2 Å². The van der Waals surface area contributed by atoms with Crippen molar-refractivity contribution in [2.24, 2.45) is 5.92 Å². The summed E-state index contributed by atoms with van der Waals surface area (Å²) in [5.74, 6) is -1.23. The third-order valence-electron chi connectivity index (χ3n) is 2.82. The highest BCUT2D eigenvalue weighted by Gasteiger charge is 2.37. The lowest BCUT2D eigenvalue weighted by molar-refractivity contribution is -0.145. The summed E-state index contributed by atoms with van der Waals surface area (Å²) in [5.41, 5.74) is 5.59. The summed E-state index contributed by atoms with van der Waals surface area (Å²) >= 11 is 0. The summed E-state index contributed by atoms with van der Waals surface area (Å²) in [5, 5.41) is 8.98. The molecule has 1 amide bonds. The number of anilines is 2. The fraction of sp³-hybridized carbons (Fsp3) is 0.364. The van der Waals surface area contributed by atoms with Gasteiger partial charge in [0.05, 0.1) is 19.2 Å². The molecular formula is C11H11N5O3. The molecule has 98 valence electrons. The molecule has 0 bridgehead atoms. The minimum absolute atomic E-state index is 0.0292. The molecule has 8 heteroatoms. The number of nitrogens with two attached hydrogens (primary N) is 1. The van der Waals surface area contributed by atoms with Crippen LogP contribution in [0.4, 0.5) is 11.8 Å². The van der Waals surface area contributed by atoms with E-state index in [0.717, 1.165) is 0 Å². The monoisotopic (exact) mass is 261 g/mol. The van der Waals surface area contributed by atoms with Crippen molar-refractivity contribution in [3.8, 4) is 6.07 Å². The van der Waals surface area contributed by atoms with Gasteiger partial charge in [-0.3, -0.25) is 14.5 Å². The van der Waals surface area contributed by atoms with E-state index in [1.165, 1.54) is 18.2 Å². The van der Waals surface area contributed by atoms with Crippen molar-refractivity contribution in [3.05, 3.63) is 11.8 Å². The molecule has 2 heterocycles. The number of rotatable bonds is 2. The third-order valence-corrected chi connectivity index (χ3v) is 2.82. The molecule has 2 rings (SSSR count). The molecule has 0 aromatic carbocycles. The van der Waals surface area contributed by atoms with Crippen molar-refractivity contribution in [1.82, 2.24) is 9.97 Å². The Hall–Kier alpha value is -2.69. The van der Waals surface area contributed by atoms with E-state index in [1.54, 1.807) is 0 Å². The van der Waals surface area contributed by atoms with E-state index in [9.17, 15) is 9.59 Å². The number of hydrogen-bond donors (Lipinski definition) is 1. The molecule has 1 fully saturated rings. The predicted octanol–water partition coefficient (Wildman–Crippen LogP) is -0.544. The van der Waals surface area contributed by atoms with Gasteiger partial charge < -0.3 is 10.5 Å². The first-order valence-corrected chi connectivity index (χ1v) is 5.47. The lowest BCUT2D eigenvalue weighted by Crippen LogP contribution is -2.28. The zero-order valence-electron chi connectivity index (χ0n) is 10.2. The van der Waals surface area contributed by atoms with Crippen LogP contribution in [0.3, 0.4) is 0 Å². The van der Waals surface area contributed by atoms with Crippen molar-refractivity contribution in [3.63, 3.8) is 0 Å². The van der Waals surface area contributed by atoms with Crippen LogP contribution in [-0.2, 0) is 14.3 Å². The fourth-order valence-corrected chi connectivity index (χ4v) is 1.91. The van der Waals surface area contributed by atoms with Crippen molar-refractivity contribution in [2.45, 2.75) is 6.42 Å². The second-order valence-corrected chi connectivity index (χ2v) is 4.01. The van der Waals surface area contributed by atoms with Crippen LogP contribution >= 0.6 is 0 Å². The van der Waals surface area contributed by atoms with Crippen LogP contribution in [0.2, 0.25) is 0 Å². The Morgan fingerprint density at radius 2 is 2.42 bits per heavy atom. The average Bonchev–Trinajstić information content (AvgIpc) is 2.79. The molecule has 1 aromatic rings. The van der Waals surface area contributed by atoms with Crippen molar-refractivity contribution in [2.75, 3.05) is 24.3 Å². The van der Waals surface area contributed by atoms with Crippen LogP contribution in [-0.4, -0.2) is 35.5 Å². The topological polar surface area (TPSA) is 122 Å². The normalized spacial score (nSPS) is 18.2. The standard InChI is InChI=1S/C11H11N5O3/c1-19-10(18)6-2-8(17)16(5-6)9-7(3-12)4-14-11(13)15-9/h4,6H,2,5H2,1H3,(H2,13,14,15).